The lowest BCUT2D eigenvalue weighted by Crippen LogP contribution is -2.43. The van der Waals surface area contributed by atoms with E-state index >= 15 is 0 Å². The predicted molar refractivity (Wildman–Crippen MR) is 90.1 cm³/mol. The molecular weight excluding hydrogens is 312 g/mol. The van der Waals surface area contributed by atoms with E-state index in [0.717, 1.165) is 17.7 Å². The van der Waals surface area contributed by atoms with E-state index in [4.69, 9.17) is 4.74 Å². The van der Waals surface area contributed by atoms with Crippen LogP contribution in [0.3, 0.4) is 0 Å². The summed E-state index contributed by atoms with van der Waals surface area (Å²) < 4.78 is 5.93. The number of aromatic nitrogens is 1. The van der Waals surface area contributed by atoms with Gasteiger partial charge in [0.2, 0.25) is 5.56 Å². The molecule has 0 aromatic carbocycles. The van der Waals surface area contributed by atoms with Gasteiger partial charge in [0.1, 0.15) is 5.60 Å². The minimum absolute atomic E-state index is 0.252. The third-order valence-corrected chi connectivity index (χ3v) is 5.18. The van der Waals surface area contributed by atoms with Crippen molar-refractivity contribution in [3.63, 3.8) is 0 Å². The summed E-state index contributed by atoms with van der Waals surface area (Å²) >= 11 is 1.73. The zero-order valence-corrected chi connectivity index (χ0v) is 14.1. The first kappa shape index (κ1) is 16.0. The summed E-state index contributed by atoms with van der Waals surface area (Å²) in [6.45, 7) is 4.96. The van der Waals surface area contributed by atoms with Gasteiger partial charge in [-0.05, 0) is 36.4 Å². The fraction of sp³-hybridized carbons (Fsp3) is 0.412. The van der Waals surface area contributed by atoms with Crippen molar-refractivity contribution in [2.75, 3.05) is 13.2 Å². The van der Waals surface area contributed by atoms with Gasteiger partial charge in [-0.15, -0.1) is 11.3 Å². The molecule has 1 unspecified atom stereocenters. The van der Waals surface area contributed by atoms with E-state index in [1.165, 1.54) is 10.9 Å². The van der Waals surface area contributed by atoms with Crippen LogP contribution in [0.5, 0.6) is 0 Å². The number of H-pyrrole nitrogens is 1. The number of aryl methyl sites for hydroxylation is 1. The summed E-state index contributed by atoms with van der Waals surface area (Å²) in [4.78, 5) is 28.0. The number of ether oxygens (including phenoxy) is 1. The largest absolute Gasteiger partial charge is 0.368 e. The molecule has 6 heteroatoms. The molecule has 0 saturated heterocycles. The van der Waals surface area contributed by atoms with Crippen LogP contribution in [0.25, 0.3) is 0 Å². The quantitative estimate of drug-likeness (QED) is 0.902. The van der Waals surface area contributed by atoms with Crippen LogP contribution in [0.1, 0.15) is 40.3 Å². The Morgan fingerprint density at radius 1 is 1.48 bits per heavy atom. The lowest BCUT2D eigenvalue weighted by molar-refractivity contribution is -0.0425. The standard InChI is InChI=1S/C17H20N2O3S/c1-3-12-8-11(9-15(20)19-12)16(21)18-10-17(2)13-5-7-23-14(13)4-6-22-17/h5,7-9H,3-4,6,10H2,1-2H3,(H,18,21)(H,19,20). The number of carbonyl (C=O) groups is 1. The summed E-state index contributed by atoms with van der Waals surface area (Å²) in [7, 11) is 0. The van der Waals surface area contributed by atoms with Crippen LogP contribution < -0.4 is 10.9 Å². The smallest absolute Gasteiger partial charge is 0.251 e. The van der Waals surface area contributed by atoms with Crippen LogP contribution >= 0.6 is 11.3 Å². The molecule has 0 aliphatic carbocycles. The van der Waals surface area contributed by atoms with Crippen molar-refractivity contribution >= 4 is 17.2 Å². The summed E-state index contributed by atoms with van der Waals surface area (Å²) in [6.07, 6.45) is 1.60. The maximum absolute atomic E-state index is 12.4. The van der Waals surface area contributed by atoms with E-state index in [-0.39, 0.29) is 11.5 Å². The van der Waals surface area contributed by atoms with Crippen molar-refractivity contribution < 1.29 is 9.53 Å². The van der Waals surface area contributed by atoms with Crippen molar-refractivity contribution in [3.8, 4) is 0 Å². The molecule has 1 amide bonds. The maximum Gasteiger partial charge on any atom is 0.251 e. The molecule has 0 spiro atoms. The van der Waals surface area contributed by atoms with Crippen molar-refractivity contribution in [1.82, 2.24) is 10.3 Å². The molecule has 2 aromatic rings. The molecule has 1 atom stereocenters. The van der Waals surface area contributed by atoms with E-state index < -0.39 is 5.60 Å². The fourth-order valence-electron chi connectivity index (χ4n) is 2.87. The van der Waals surface area contributed by atoms with Gasteiger partial charge in [-0.25, -0.2) is 0 Å². The van der Waals surface area contributed by atoms with E-state index in [1.54, 1.807) is 17.4 Å². The van der Waals surface area contributed by atoms with Gasteiger partial charge in [-0.3, -0.25) is 9.59 Å². The number of hydrogen-bond acceptors (Lipinski definition) is 4. The van der Waals surface area contributed by atoms with Gasteiger partial charge in [0, 0.05) is 28.6 Å². The van der Waals surface area contributed by atoms with Crippen LogP contribution in [-0.2, 0) is 23.2 Å². The topological polar surface area (TPSA) is 71.2 Å². The normalized spacial score (nSPS) is 20.1. The third-order valence-electron chi connectivity index (χ3n) is 4.19. The Kier molecular flexibility index (Phi) is 4.37. The number of aromatic amines is 1. The Morgan fingerprint density at radius 3 is 3.09 bits per heavy atom. The average Bonchev–Trinajstić information content (AvgIpc) is 3.02. The van der Waals surface area contributed by atoms with Crippen LogP contribution in [0.4, 0.5) is 0 Å². The van der Waals surface area contributed by atoms with Crippen molar-refractivity contribution in [2.45, 2.75) is 32.3 Å². The second kappa shape index (κ2) is 6.29. The zero-order chi connectivity index (χ0) is 16.4. The molecule has 0 fully saturated rings. The van der Waals surface area contributed by atoms with Crippen LogP contribution in [-0.4, -0.2) is 24.0 Å². The monoisotopic (exact) mass is 332 g/mol. The SMILES string of the molecule is CCc1cc(C(=O)NCC2(C)OCCc3sccc32)cc(=O)[nH]1. The Hall–Kier alpha value is -1.92. The number of amides is 1. The molecule has 3 rings (SSSR count). The molecule has 1 aliphatic heterocycles. The number of carbonyl (C=O) groups excluding carboxylic acids is 1. The summed E-state index contributed by atoms with van der Waals surface area (Å²) in [5, 5.41) is 4.97. The third kappa shape index (κ3) is 3.23. The van der Waals surface area contributed by atoms with Crippen molar-refractivity contribution in [3.05, 3.63) is 55.6 Å². The highest BCUT2D eigenvalue weighted by Crippen LogP contribution is 2.35. The number of nitrogens with one attached hydrogen (secondary N) is 2. The number of thiophene rings is 1. The lowest BCUT2D eigenvalue weighted by Gasteiger charge is -2.34. The Morgan fingerprint density at radius 2 is 2.30 bits per heavy atom. The fourth-order valence-corrected chi connectivity index (χ4v) is 3.85. The molecule has 2 N–H and O–H groups in total. The molecule has 2 aromatic heterocycles. The molecule has 5 nitrogen and oxygen atoms in total. The second-order valence-corrected chi connectivity index (χ2v) is 6.88. The van der Waals surface area contributed by atoms with Gasteiger partial charge in [-0.2, -0.15) is 0 Å². The second-order valence-electron chi connectivity index (χ2n) is 5.88. The van der Waals surface area contributed by atoms with E-state index in [1.807, 2.05) is 13.8 Å². The van der Waals surface area contributed by atoms with Gasteiger partial charge in [-0.1, -0.05) is 6.92 Å². The molecule has 0 bridgehead atoms. The van der Waals surface area contributed by atoms with Gasteiger partial charge < -0.3 is 15.0 Å². The lowest BCUT2D eigenvalue weighted by atomic mass is 9.93. The average molecular weight is 332 g/mol. The van der Waals surface area contributed by atoms with E-state index in [9.17, 15) is 9.59 Å². The van der Waals surface area contributed by atoms with E-state index in [0.29, 0.717) is 25.1 Å². The van der Waals surface area contributed by atoms with Gasteiger partial charge in [0.15, 0.2) is 0 Å². The van der Waals surface area contributed by atoms with E-state index in [2.05, 4.69) is 21.7 Å². The maximum atomic E-state index is 12.4. The Labute approximate surface area is 138 Å². The zero-order valence-electron chi connectivity index (χ0n) is 13.3. The predicted octanol–water partition coefficient (Wildman–Crippen LogP) is 2.22. The molecule has 0 radical (unpaired) electrons. The summed E-state index contributed by atoms with van der Waals surface area (Å²) in [5.41, 5.74) is 1.51. The summed E-state index contributed by atoms with van der Waals surface area (Å²) in [6, 6.07) is 5.11. The summed E-state index contributed by atoms with van der Waals surface area (Å²) in [5.74, 6) is -0.252. The molecule has 3 heterocycles. The first-order chi connectivity index (χ1) is 11.0. The number of pyridine rings is 1. The highest BCUT2D eigenvalue weighted by atomic mass is 32.1. The van der Waals surface area contributed by atoms with Gasteiger partial charge >= 0.3 is 0 Å². The number of fused-ring (bicyclic) bond motifs is 1. The number of hydrogen-bond donors (Lipinski definition) is 2. The first-order valence-electron chi connectivity index (χ1n) is 7.74. The minimum Gasteiger partial charge on any atom is -0.368 e. The molecular formula is C17H20N2O3S. The van der Waals surface area contributed by atoms with Crippen molar-refractivity contribution in [2.24, 2.45) is 0 Å². The minimum atomic E-state index is -0.516. The van der Waals surface area contributed by atoms with Crippen molar-refractivity contribution in [1.29, 1.82) is 0 Å². The van der Waals surface area contributed by atoms with Crippen LogP contribution in [0.2, 0.25) is 0 Å². The molecule has 1 aliphatic rings. The van der Waals surface area contributed by atoms with Gasteiger partial charge in [0.05, 0.1) is 13.2 Å². The highest BCUT2D eigenvalue weighted by molar-refractivity contribution is 7.10. The molecule has 0 saturated carbocycles. The Balaban J connectivity index is 1.75. The van der Waals surface area contributed by atoms with Crippen LogP contribution in [0.15, 0.2) is 28.4 Å². The van der Waals surface area contributed by atoms with Gasteiger partial charge in [0.25, 0.3) is 5.91 Å². The highest BCUT2D eigenvalue weighted by Gasteiger charge is 2.34. The first-order valence-corrected chi connectivity index (χ1v) is 8.62. The molecule has 122 valence electrons. The van der Waals surface area contributed by atoms with Crippen LogP contribution in [0, 0.1) is 0 Å². The molecule has 23 heavy (non-hydrogen) atoms. The number of rotatable bonds is 4. The Bertz CT molecular complexity index is 780.